The third-order valence-electron chi connectivity index (χ3n) is 7.35. The van der Waals surface area contributed by atoms with Crippen LogP contribution in [0.5, 0.6) is 0 Å². The van der Waals surface area contributed by atoms with E-state index in [9.17, 15) is 4.79 Å². The number of hydrogen-bond acceptors (Lipinski definition) is 3. The molecule has 0 aromatic carbocycles. The molecule has 4 rings (SSSR count). The minimum Gasteiger partial charge on any atom is -0.460 e. The van der Waals surface area contributed by atoms with Gasteiger partial charge in [0.2, 0.25) is 0 Å². The number of hydrogen-bond donors (Lipinski definition) is 0. The standard InChI is InChI=1S/C17H26O3/c1-15-11-19-17(10-12(15)8-9-16(15,17)2)14(18)20-13-6-4-3-5-7-13/h12-13H,3-11H2,1-2H3. The summed E-state index contributed by atoms with van der Waals surface area (Å²) in [6.07, 6.45) is 9.18. The highest BCUT2D eigenvalue weighted by molar-refractivity contribution is 5.83. The molecule has 0 radical (unpaired) electrons. The molecule has 112 valence electrons. The molecule has 3 heteroatoms. The Balaban J connectivity index is 1.57. The van der Waals surface area contributed by atoms with Crippen molar-refractivity contribution < 1.29 is 14.3 Å². The molecule has 20 heavy (non-hydrogen) atoms. The van der Waals surface area contributed by atoms with Crippen molar-refractivity contribution in [3.8, 4) is 0 Å². The second-order valence-corrected chi connectivity index (χ2v) is 7.97. The van der Waals surface area contributed by atoms with Gasteiger partial charge in [0, 0.05) is 10.8 Å². The van der Waals surface area contributed by atoms with Gasteiger partial charge >= 0.3 is 5.97 Å². The zero-order valence-electron chi connectivity index (χ0n) is 12.7. The number of carbonyl (C=O) groups excluding carboxylic acids is 1. The molecule has 0 amide bonds. The van der Waals surface area contributed by atoms with Gasteiger partial charge in [-0.2, -0.15) is 0 Å². The molecule has 0 spiro atoms. The summed E-state index contributed by atoms with van der Waals surface area (Å²) in [5, 5.41) is 0. The molecule has 4 aliphatic rings. The lowest BCUT2D eigenvalue weighted by molar-refractivity contribution is -0.187. The van der Waals surface area contributed by atoms with Crippen molar-refractivity contribution in [3.63, 3.8) is 0 Å². The molecule has 0 aromatic heterocycles. The van der Waals surface area contributed by atoms with Gasteiger partial charge in [0.25, 0.3) is 0 Å². The molecule has 1 heterocycles. The zero-order chi connectivity index (χ0) is 14.0. The van der Waals surface area contributed by atoms with Crippen molar-refractivity contribution in [2.24, 2.45) is 16.7 Å². The van der Waals surface area contributed by atoms with E-state index in [1.165, 1.54) is 25.7 Å². The molecule has 3 saturated carbocycles. The molecule has 4 bridgehead atoms. The maximum absolute atomic E-state index is 12.9. The maximum atomic E-state index is 12.9. The van der Waals surface area contributed by atoms with Crippen molar-refractivity contribution in [1.82, 2.24) is 0 Å². The van der Waals surface area contributed by atoms with Crippen LogP contribution in [0.3, 0.4) is 0 Å². The van der Waals surface area contributed by atoms with Crippen LogP contribution in [0.1, 0.15) is 65.2 Å². The lowest BCUT2D eigenvalue weighted by Gasteiger charge is -2.40. The quantitative estimate of drug-likeness (QED) is 0.726. The second-order valence-electron chi connectivity index (χ2n) is 7.97. The lowest BCUT2D eigenvalue weighted by Crippen LogP contribution is -2.51. The fourth-order valence-electron chi connectivity index (χ4n) is 5.65. The van der Waals surface area contributed by atoms with E-state index >= 15 is 0 Å². The molecule has 3 aliphatic carbocycles. The third kappa shape index (κ3) is 1.33. The van der Waals surface area contributed by atoms with Gasteiger partial charge in [0.15, 0.2) is 5.60 Å². The van der Waals surface area contributed by atoms with Crippen LogP contribution in [0.2, 0.25) is 0 Å². The fourth-order valence-corrected chi connectivity index (χ4v) is 5.65. The predicted molar refractivity (Wildman–Crippen MR) is 75.2 cm³/mol. The van der Waals surface area contributed by atoms with Crippen molar-refractivity contribution in [3.05, 3.63) is 0 Å². The number of ether oxygens (including phenoxy) is 2. The summed E-state index contributed by atoms with van der Waals surface area (Å²) in [5.41, 5.74) is -0.433. The number of rotatable bonds is 2. The van der Waals surface area contributed by atoms with Crippen LogP contribution >= 0.6 is 0 Å². The molecular weight excluding hydrogens is 252 g/mol. The Hall–Kier alpha value is -0.570. The Labute approximate surface area is 121 Å². The van der Waals surface area contributed by atoms with Crippen LogP contribution in [0, 0.1) is 16.7 Å². The summed E-state index contributed by atoms with van der Waals surface area (Å²) in [6, 6.07) is 0. The first kappa shape index (κ1) is 13.1. The molecular formula is C17H26O3. The minimum absolute atomic E-state index is 0.00355. The fraction of sp³-hybridized carbons (Fsp3) is 0.941. The maximum Gasteiger partial charge on any atom is 0.339 e. The molecule has 1 aliphatic heterocycles. The summed E-state index contributed by atoms with van der Waals surface area (Å²) in [6.45, 7) is 5.34. The van der Waals surface area contributed by atoms with Crippen molar-refractivity contribution in [2.45, 2.75) is 76.9 Å². The van der Waals surface area contributed by atoms with Crippen LogP contribution in [0.4, 0.5) is 0 Å². The molecule has 4 fully saturated rings. The summed E-state index contributed by atoms with van der Waals surface area (Å²) < 4.78 is 12.0. The molecule has 1 saturated heterocycles. The smallest absolute Gasteiger partial charge is 0.339 e. The molecule has 0 N–H and O–H groups in total. The van der Waals surface area contributed by atoms with Gasteiger partial charge in [-0.15, -0.1) is 0 Å². The van der Waals surface area contributed by atoms with Crippen molar-refractivity contribution in [1.29, 1.82) is 0 Å². The Morgan fingerprint density at radius 3 is 2.55 bits per heavy atom. The summed E-state index contributed by atoms with van der Waals surface area (Å²) >= 11 is 0. The van der Waals surface area contributed by atoms with E-state index in [-0.39, 0.29) is 22.9 Å². The summed E-state index contributed by atoms with van der Waals surface area (Å²) in [4.78, 5) is 12.9. The molecule has 4 unspecified atom stereocenters. The SMILES string of the molecule is CC12COC3(C(=O)OC4CCCCC4)CC1CCC32C. The monoisotopic (exact) mass is 278 g/mol. The Morgan fingerprint density at radius 1 is 1.15 bits per heavy atom. The van der Waals surface area contributed by atoms with E-state index in [1.54, 1.807) is 0 Å². The number of esters is 1. The van der Waals surface area contributed by atoms with Crippen LogP contribution in [-0.2, 0) is 14.3 Å². The molecule has 0 aromatic rings. The van der Waals surface area contributed by atoms with E-state index in [0.29, 0.717) is 5.92 Å². The third-order valence-corrected chi connectivity index (χ3v) is 7.35. The van der Waals surface area contributed by atoms with E-state index < -0.39 is 5.60 Å². The first-order valence-electron chi connectivity index (χ1n) is 8.37. The topological polar surface area (TPSA) is 35.5 Å². The van der Waals surface area contributed by atoms with Gasteiger partial charge in [-0.05, 0) is 50.9 Å². The van der Waals surface area contributed by atoms with Gasteiger partial charge in [0.1, 0.15) is 6.10 Å². The van der Waals surface area contributed by atoms with Gasteiger partial charge in [-0.25, -0.2) is 4.79 Å². The zero-order valence-corrected chi connectivity index (χ0v) is 12.7. The Kier molecular flexibility index (Phi) is 2.62. The van der Waals surface area contributed by atoms with E-state index in [4.69, 9.17) is 9.47 Å². The first-order valence-corrected chi connectivity index (χ1v) is 8.37. The van der Waals surface area contributed by atoms with Crippen molar-refractivity contribution >= 4 is 5.97 Å². The molecule has 4 atom stereocenters. The lowest BCUT2D eigenvalue weighted by atomic mass is 9.66. The van der Waals surface area contributed by atoms with Gasteiger partial charge in [-0.1, -0.05) is 20.3 Å². The van der Waals surface area contributed by atoms with Gasteiger partial charge < -0.3 is 9.47 Å². The van der Waals surface area contributed by atoms with Crippen LogP contribution < -0.4 is 0 Å². The average molecular weight is 278 g/mol. The second kappa shape index (κ2) is 4.00. The largest absolute Gasteiger partial charge is 0.460 e. The predicted octanol–water partition coefficient (Wildman–Crippen LogP) is 3.46. The Bertz CT molecular complexity index is 442. The average Bonchev–Trinajstić information content (AvgIpc) is 2.92. The normalized spacial score (nSPS) is 50.6. The van der Waals surface area contributed by atoms with E-state index in [0.717, 1.165) is 32.3 Å². The van der Waals surface area contributed by atoms with Crippen molar-refractivity contribution in [2.75, 3.05) is 6.61 Å². The van der Waals surface area contributed by atoms with Crippen LogP contribution in [0.25, 0.3) is 0 Å². The van der Waals surface area contributed by atoms with Crippen LogP contribution in [0.15, 0.2) is 0 Å². The van der Waals surface area contributed by atoms with Gasteiger partial charge in [-0.3, -0.25) is 0 Å². The summed E-state index contributed by atoms with van der Waals surface area (Å²) in [5.74, 6) is 0.609. The highest BCUT2D eigenvalue weighted by Crippen LogP contribution is 2.75. The minimum atomic E-state index is -0.623. The first-order chi connectivity index (χ1) is 9.52. The highest BCUT2D eigenvalue weighted by atomic mass is 16.6. The molecule has 3 nitrogen and oxygen atoms in total. The van der Waals surface area contributed by atoms with Crippen LogP contribution in [-0.4, -0.2) is 24.3 Å². The Morgan fingerprint density at radius 2 is 1.90 bits per heavy atom. The van der Waals surface area contributed by atoms with Gasteiger partial charge in [0.05, 0.1) is 6.61 Å². The highest BCUT2D eigenvalue weighted by Gasteiger charge is 2.79. The van der Waals surface area contributed by atoms with E-state index in [2.05, 4.69) is 13.8 Å². The summed E-state index contributed by atoms with van der Waals surface area (Å²) in [7, 11) is 0. The van der Waals surface area contributed by atoms with E-state index in [1.807, 2.05) is 0 Å². The number of carbonyl (C=O) groups is 1.